The minimum absolute atomic E-state index is 0.0406. The summed E-state index contributed by atoms with van der Waals surface area (Å²) in [4.78, 5) is 28.8. The number of carbonyl (C=O) groups is 2. The molecule has 2 aliphatic heterocycles. The molecule has 2 fully saturated rings. The first-order valence-electron chi connectivity index (χ1n) is 10.8. The maximum absolute atomic E-state index is 12.6. The summed E-state index contributed by atoms with van der Waals surface area (Å²) in [6.07, 6.45) is 1.32. The number of hydrogen-bond donors (Lipinski definition) is 0. The molecule has 2 aliphatic rings. The molecular formula is C24H28N2O4S. The number of thioether (sulfide) groups is 1. The van der Waals surface area contributed by atoms with E-state index in [1.165, 1.54) is 0 Å². The van der Waals surface area contributed by atoms with Crippen LogP contribution < -0.4 is 4.74 Å². The van der Waals surface area contributed by atoms with Crippen molar-refractivity contribution in [2.45, 2.75) is 24.9 Å². The maximum Gasteiger partial charge on any atom is 0.410 e. The average Bonchev–Trinajstić information content (AvgIpc) is 3.21. The van der Waals surface area contributed by atoms with Gasteiger partial charge in [-0.15, -0.1) is 11.8 Å². The molecule has 0 saturated carbocycles. The van der Waals surface area contributed by atoms with Gasteiger partial charge in [-0.25, -0.2) is 4.79 Å². The van der Waals surface area contributed by atoms with E-state index in [9.17, 15) is 9.59 Å². The lowest BCUT2D eigenvalue weighted by atomic mass is 9.99. The number of para-hydroxylation sites is 1. The summed E-state index contributed by atoms with van der Waals surface area (Å²) in [6, 6.07) is 19.8. The van der Waals surface area contributed by atoms with Crippen LogP contribution in [0.4, 0.5) is 4.79 Å². The van der Waals surface area contributed by atoms with Gasteiger partial charge in [0, 0.05) is 24.9 Å². The van der Waals surface area contributed by atoms with E-state index < -0.39 is 0 Å². The second-order valence-electron chi connectivity index (χ2n) is 7.74. The first-order chi connectivity index (χ1) is 15.2. The molecule has 7 heteroatoms. The Labute approximate surface area is 187 Å². The molecule has 2 saturated heterocycles. The van der Waals surface area contributed by atoms with Crippen molar-refractivity contribution in [3.63, 3.8) is 0 Å². The van der Waals surface area contributed by atoms with Crippen molar-refractivity contribution in [3.8, 4) is 5.75 Å². The number of nitrogens with zero attached hydrogens (tertiary/aromatic N) is 2. The molecule has 2 amide bonds. The minimum atomic E-state index is -0.243. The van der Waals surface area contributed by atoms with Crippen LogP contribution in [0.5, 0.6) is 5.75 Å². The molecule has 0 aromatic heterocycles. The Kier molecular flexibility index (Phi) is 7.35. The molecule has 0 spiro atoms. The first kappa shape index (κ1) is 21.6. The van der Waals surface area contributed by atoms with Crippen molar-refractivity contribution in [2.75, 3.05) is 37.8 Å². The highest BCUT2D eigenvalue weighted by Crippen LogP contribution is 2.33. The van der Waals surface area contributed by atoms with E-state index >= 15 is 0 Å². The number of amides is 2. The third kappa shape index (κ3) is 5.53. The van der Waals surface area contributed by atoms with Crippen molar-refractivity contribution in [1.29, 1.82) is 0 Å². The molecule has 2 aromatic carbocycles. The maximum atomic E-state index is 12.6. The standard InChI is InChI=1S/C24H28N2O4S/c27-23(18-31-16-15-29-21-9-5-2-6-10-21)25-13-11-20(12-14-25)26-22(17-30-24(26)28)19-7-3-1-4-8-19/h1-10,20,22H,11-18H2/t22-/m0/s1. The number of cyclic esters (lactones) is 1. The third-order valence-electron chi connectivity index (χ3n) is 5.77. The van der Waals surface area contributed by atoms with Gasteiger partial charge in [0.05, 0.1) is 18.4 Å². The van der Waals surface area contributed by atoms with E-state index in [0.29, 0.717) is 32.1 Å². The van der Waals surface area contributed by atoms with Crippen LogP contribution in [0.15, 0.2) is 60.7 Å². The molecule has 1 atom stereocenters. The topological polar surface area (TPSA) is 59.1 Å². The molecule has 0 aliphatic carbocycles. The number of hydrogen-bond acceptors (Lipinski definition) is 5. The fraction of sp³-hybridized carbons (Fsp3) is 0.417. The van der Waals surface area contributed by atoms with Crippen LogP contribution in [0.3, 0.4) is 0 Å². The van der Waals surface area contributed by atoms with Crippen molar-refractivity contribution in [2.24, 2.45) is 0 Å². The lowest BCUT2D eigenvalue weighted by Crippen LogP contribution is -2.48. The summed E-state index contributed by atoms with van der Waals surface area (Å²) in [6.45, 7) is 2.33. The zero-order chi connectivity index (χ0) is 21.5. The average molecular weight is 441 g/mol. The van der Waals surface area contributed by atoms with Gasteiger partial charge >= 0.3 is 6.09 Å². The molecule has 31 heavy (non-hydrogen) atoms. The van der Waals surface area contributed by atoms with Crippen LogP contribution in [0.1, 0.15) is 24.4 Å². The highest BCUT2D eigenvalue weighted by molar-refractivity contribution is 7.99. The molecule has 2 heterocycles. The highest BCUT2D eigenvalue weighted by atomic mass is 32.2. The van der Waals surface area contributed by atoms with Gasteiger partial charge in [0.2, 0.25) is 5.91 Å². The Hall–Kier alpha value is -2.67. The van der Waals surface area contributed by atoms with Gasteiger partial charge in [-0.2, -0.15) is 0 Å². The van der Waals surface area contributed by atoms with E-state index in [1.807, 2.05) is 70.5 Å². The summed E-state index contributed by atoms with van der Waals surface area (Å²) in [5.41, 5.74) is 1.10. The Morgan fingerprint density at radius 1 is 1.03 bits per heavy atom. The number of likely N-dealkylation sites (tertiary alicyclic amines) is 1. The van der Waals surface area contributed by atoms with Gasteiger partial charge in [-0.05, 0) is 30.5 Å². The zero-order valence-corrected chi connectivity index (χ0v) is 18.3. The predicted molar refractivity (Wildman–Crippen MR) is 121 cm³/mol. The number of benzene rings is 2. The summed E-state index contributed by atoms with van der Waals surface area (Å²) >= 11 is 1.60. The Bertz CT molecular complexity index is 856. The Morgan fingerprint density at radius 3 is 2.42 bits per heavy atom. The van der Waals surface area contributed by atoms with Gasteiger partial charge < -0.3 is 14.4 Å². The number of ether oxygens (including phenoxy) is 2. The lowest BCUT2D eigenvalue weighted by molar-refractivity contribution is -0.129. The van der Waals surface area contributed by atoms with Gasteiger partial charge in [-0.3, -0.25) is 9.69 Å². The third-order valence-corrected chi connectivity index (χ3v) is 6.68. The van der Waals surface area contributed by atoms with Crippen LogP contribution in [-0.4, -0.2) is 65.7 Å². The van der Waals surface area contributed by atoms with E-state index in [0.717, 1.165) is 29.9 Å². The minimum Gasteiger partial charge on any atom is -0.493 e. The van der Waals surface area contributed by atoms with Gasteiger partial charge in [0.15, 0.2) is 0 Å². The lowest BCUT2D eigenvalue weighted by Gasteiger charge is -2.38. The van der Waals surface area contributed by atoms with Gasteiger partial charge in [-0.1, -0.05) is 48.5 Å². The fourth-order valence-corrected chi connectivity index (χ4v) is 4.85. The molecule has 4 rings (SSSR count). The molecule has 0 unspecified atom stereocenters. The summed E-state index contributed by atoms with van der Waals surface area (Å²) in [5.74, 6) is 2.24. The highest BCUT2D eigenvalue weighted by Gasteiger charge is 2.40. The van der Waals surface area contributed by atoms with Crippen molar-refractivity contribution >= 4 is 23.8 Å². The second-order valence-corrected chi connectivity index (χ2v) is 8.84. The summed E-state index contributed by atoms with van der Waals surface area (Å²) in [5, 5.41) is 0. The van der Waals surface area contributed by atoms with E-state index in [2.05, 4.69) is 0 Å². The predicted octanol–water partition coefficient (Wildman–Crippen LogP) is 3.98. The van der Waals surface area contributed by atoms with Crippen molar-refractivity contribution in [1.82, 2.24) is 9.80 Å². The van der Waals surface area contributed by atoms with Crippen LogP contribution in [-0.2, 0) is 9.53 Å². The smallest absolute Gasteiger partial charge is 0.410 e. The molecule has 0 radical (unpaired) electrons. The molecule has 0 N–H and O–H groups in total. The first-order valence-corrected chi connectivity index (χ1v) is 11.9. The molecule has 2 aromatic rings. The SMILES string of the molecule is O=C(CSCCOc1ccccc1)N1CCC(N2C(=O)OC[C@H]2c2ccccc2)CC1. The molecule has 0 bridgehead atoms. The zero-order valence-electron chi connectivity index (χ0n) is 17.5. The quantitative estimate of drug-likeness (QED) is 0.581. The molecular weight excluding hydrogens is 412 g/mol. The normalized spacial score (nSPS) is 19.4. The van der Waals surface area contributed by atoms with Crippen LogP contribution >= 0.6 is 11.8 Å². The Balaban J connectivity index is 1.20. The fourth-order valence-electron chi connectivity index (χ4n) is 4.15. The summed E-state index contributed by atoms with van der Waals surface area (Å²) < 4.78 is 11.0. The molecule has 6 nitrogen and oxygen atoms in total. The Morgan fingerprint density at radius 2 is 1.71 bits per heavy atom. The van der Waals surface area contributed by atoms with Crippen LogP contribution in [0, 0.1) is 0 Å². The molecule has 164 valence electrons. The summed E-state index contributed by atoms with van der Waals surface area (Å²) in [7, 11) is 0. The van der Waals surface area contributed by atoms with Crippen LogP contribution in [0.25, 0.3) is 0 Å². The van der Waals surface area contributed by atoms with Crippen molar-refractivity contribution < 1.29 is 19.1 Å². The number of carbonyl (C=O) groups excluding carboxylic acids is 2. The van der Waals surface area contributed by atoms with Crippen molar-refractivity contribution in [3.05, 3.63) is 66.2 Å². The number of rotatable bonds is 8. The van der Waals surface area contributed by atoms with E-state index in [-0.39, 0.29) is 24.1 Å². The van der Waals surface area contributed by atoms with Gasteiger partial charge in [0.25, 0.3) is 0 Å². The van der Waals surface area contributed by atoms with E-state index in [4.69, 9.17) is 9.47 Å². The van der Waals surface area contributed by atoms with Crippen LogP contribution in [0.2, 0.25) is 0 Å². The van der Waals surface area contributed by atoms with E-state index in [1.54, 1.807) is 11.8 Å². The number of piperidine rings is 1. The largest absolute Gasteiger partial charge is 0.493 e. The second kappa shape index (κ2) is 10.6. The van der Waals surface area contributed by atoms with Gasteiger partial charge in [0.1, 0.15) is 12.4 Å². The monoisotopic (exact) mass is 440 g/mol.